The zero-order chi connectivity index (χ0) is 15.8. The molecule has 1 atom stereocenters. The number of aromatic nitrogens is 2. The van der Waals surface area contributed by atoms with Gasteiger partial charge in [-0.25, -0.2) is 4.98 Å². The maximum Gasteiger partial charge on any atom is 0.260 e. The Morgan fingerprint density at radius 1 is 1.26 bits per heavy atom. The first kappa shape index (κ1) is 14.9. The van der Waals surface area contributed by atoms with Gasteiger partial charge in [-0.05, 0) is 25.3 Å². The van der Waals surface area contributed by atoms with E-state index in [-0.39, 0.29) is 11.7 Å². The van der Waals surface area contributed by atoms with Crippen LogP contribution in [0.1, 0.15) is 31.2 Å². The summed E-state index contributed by atoms with van der Waals surface area (Å²) in [6.45, 7) is 0.724. The first-order chi connectivity index (χ1) is 11.2. The number of hydrogen-bond donors (Lipinski definition) is 1. The van der Waals surface area contributed by atoms with Gasteiger partial charge in [-0.2, -0.15) is 0 Å². The predicted molar refractivity (Wildman–Crippen MR) is 93.2 cm³/mol. The van der Waals surface area contributed by atoms with Gasteiger partial charge in [0, 0.05) is 28.1 Å². The van der Waals surface area contributed by atoms with Gasteiger partial charge in [0.1, 0.15) is 16.8 Å². The molecule has 1 fully saturated rings. The van der Waals surface area contributed by atoms with Crippen molar-refractivity contribution in [3.63, 3.8) is 0 Å². The first-order valence-electron chi connectivity index (χ1n) is 7.62. The first-order valence-corrected chi connectivity index (χ1v) is 8.88. The van der Waals surface area contributed by atoms with Crippen molar-refractivity contribution in [1.82, 2.24) is 9.97 Å². The number of benzene rings is 1. The van der Waals surface area contributed by atoms with Gasteiger partial charge in [0.15, 0.2) is 0 Å². The molecule has 1 N–H and O–H groups in total. The van der Waals surface area contributed by atoms with E-state index >= 15 is 0 Å². The lowest BCUT2D eigenvalue weighted by Crippen LogP contribution is -2.19. The van der Waals surface area contributed by atoms with Crippen LogP contribution in [0.25, 0.3) is 21.3 Å². The van der Waals surface area contributed by atoms with E-state index in [0.29, 0.717) is 16.2 Å². The molecule has 0 bridgehead atoms. The molecule has 0 amide bonds. The van der Waals surface area contributed by atoms with Gasteiger partial charge in [-0.1, -0.05) is 29.8 Å². The number of thiophene rings is 1. The third kappa shape index (κ3) is 2.69. The lowest BCUT2D eigenvalue weighted by atomic mass is 10.1. The summed E-state index contributed by atoms with van der Waals surface area (Å²) in [6, 6.07) is 7.53. The van der Waals surface area contributed by atoms with E-state index in [2.05, 4.69) is 9.97 Å². The molecule has 4 nitrogen and oxygen atoms in total. The number of rotatable bonds is 2. The number of hydrogen-bond acceptors (Lipinski definition) is 4. The number of halogens is 1. The van der Waals surface area contributed by atoms with Crippen LogP contribution in [0.2, 0.25) is 5.02 Å². The lowest BCUT2D eigenvalue weighted by molar-refractivity contribution is 0.00955. The highest BCUT2D eigenvalue weighted by atomic mass is 35.5. The number of nitrogens with zero attached hydrogens (tertiary/aromatic N) is 1. The molecule has 1 unspecified atom stereocenters. The Hall–Kier alpha value is -1.69. The van der Waals surface area contributed by atoms with E-state index in [1.54, 1.807) is 0 Å². The SMILES string of the molecule is O=c1[nH]c(C2CCCCO2)nc2scc(-c3ccccc3Cl)c12. The quantitative estimate of drug-likeness (QED) is 0.740. The van der Waals surface area contributed by atoms with Gasteiger partial charge >= 0.3 is 0 Å². The smallest absolute Gasteiger partial charge is 0.260 e. The van der Waals surface area contributed by atoms with Crippen molar-refractivity contribution in [3.8, 4) is 11.1 Å². The normalized spacial score (nSPS) is 18.4. The van der Waals surface area contributed by atoms with Gasteiger partial charge in [-0.15, -0.1) is 11.3 Å². The third-order valence-electron chi connectivity index (χ3n) is 4.11. The topological polar surface area (TPSA) is 55.0 Å². The standard InChI is InChI=1S/C17H15ClN2O2S/c18-12-6-2-1-5-10(12)11-9-23-17-14(11)16(21)19-15(20-17)13-7-3-4-8-22-13/h1-2,5-6,9,13H,3-4,7-8H2,(H,19,20,21). The van der Waals surface area contributed by atoms with Crippen LogP contribution in [-0.2, 0) is 4.74 Å². The average molecular weight is 347 g/mol. The Labute approximate surface area is 142 Å². The van der Waals surface area contributed by atoms with Crippen LogP contribution in [0.3, 0.4) is 0 Å². The molecule has 6 heteroatoms. The van der Waals surface area contributed by atoms with Gasteiger partial charge < -0.3 is 9.72 Å². The molecule has 118 valence electrons. The Balaban J connectivity index is 1.84. The Kier molecular flexibility index (Phi) is 3.93. The molecule has 2 aromatic heterocycles. The van der Waals surface area contributed by atoms with Crippen molar-refractivity contribution in [2.45, 2.75) is 25.4 Å². The zero-order valence-electron chi connectivity index (χ0n) is 12.3. The molecule has 0 radical (unpaired) electrons. The number of ether oxygens (including phenoxy) is 1. The van der Waals surface area contributed by atoms with Crippen LogP contribution in [0.15, 0.2) is 34.4 Å². The fourth-order valence-electron chi connectivity index (χ4n) is 2.95. The monoisotopic (exact) mass is 346 g/mol. The van der Waals surface area contributed by atoms with Crippen LogP contribution in [0.5, 0.6) is 0 Å². The highest BCUT2D eigenvalue weighted by Crippen LogP contribution is 2.35. The zero-order valence-corrected chi connectivity index (χ0v) is 13.9. The molecule has 1 aromatic carbocycles. The molecule has 1 aliphatic heterocycles. The molecule has 1 aliphatic rings. The van der Waals surface area contributed by atoms with Gasteiger partial charge in [0.05, 0.1) is 5.39 Å². The van der Waals surface area contributed by atoms with Crippen LogP contribution < -0.4 is 5.56 Å². The maximum absolute atomic E-state index is 12.6. The minimum absolute atomic E-state index is 0.105. The van der Waals surface area contributed by atoms with E-state index < -0.39 is 0 Å². The fourth-order valence-corrected chi connectivity index (χ4v) is 4.14. The van der Waals surface area contributed by atoms with Crippen LogP contribution in [-0.4, -0.2) is 16.6 Å². The van der Waals surface area contributed by atoms with Crippen LogP contribution in [0.4, 0.5) is 0 Å². The summed E-state index contributed by atoms with van der Waals surface area (Å²) in [5.41, 5.74) is 1.56. The molecule has 23 heavy (non-hydrogen) atoms. The second-order valence-electron chi connectivity index (χ2n) is 5.62. The largest absolute Gasteiger partial charge is 0.370 e. The predicted octanol–water partition coefficient (Wildman–Crippen LogP) is 4.55. The van der Waals surface area contributed by atoms with Crippen molar-refractivity contribution in [2.24, 2.45) is 0 Å². The van der Waals surface area contributed by atoms with E-state index in [9.17, 15) is 4.79 Å². The summed E-state index contributed by atoms with van der Waals surface area (Å²) in [7, 11) is 0. The van der Waals surface area contributed by atoms with Gasteiger partial charge in [0.2, 0.25) is 0 Å². The van der Waals surface area contributed by atoms with Gasteiger partial charge in [0.25, 0.3) is 5.56 Å². The highest BCUT2D eigenvalue weighted by molar-refractivity contribution is 7.17. The number of aromatic amines is 1. The number of fused-ring (bicyclic) bond motifs is 1. The van der Waals surface area contributed by atoms with E-state index in [1.165, 1.54) is 11.3 Å². The maximum atomic E-state index is 12.6. The summed E-state index contributed by atoms with van der Waals surface area (Å²) < 4.78 is 5.73. The molecule has 3 heterocycles. The molecule has 1 saturated heterocycles. The Bertz CT molecular complexity index is 912. The van der Waals surface area contributed by atoms with Crippen molar-refractivity contribution in [2.75, 3.05) is 6.61 Å². The van der Waals surface area contributed by atoms with Crippen molar-refractivity contribution in [3.05, 3.63) is 50.8 Å². The minimum Gasteiger partial charge on any atom is -0.370 e. The fraction of sp³-hybridized carbons (Fsp3) is 0.294. The van der Waals surface area contributed by atoms with Crippen LogP contribution >= 0.6 is 22.9 Å². The lowest BCUT2D eigenvalue weighted by Gasteiger charge is -2.21. The molecular formula is C17H15ClN2O2S. The van der Waals surface area contributed by atoms with E-state index in [1.807, 2.05) is 29.6 Å². The summed E-state index contributed by atoms with van der Waals surface area (Å²) in [5, 5.41) is 3.17. The summed E-state index contributed by atoms with van der Waals surface area (Å²) in [5.74, 6) is 0.634. The van der Waals surface area contributed by atoms with Crippen molar-refractivity contribution < 1.29 is 4.74 Å². The second kappa shape index (κ2) is 6.07. The van der Waals surface area contributed by atoms with E-state index in [4.69, 9.17) is 16.3 Å². The number of nitrogens with one attached hydrogen (secondary N) is 1. The summed E-state index contributed by atoms with van der Waals surface area (Å²) in [6.07, 6.45) is 2.96. The second-order valence-corrected chi connectivity index (χ2v) is 6.88. The summed E-state index contributed by atoms with van der Waals surface area (Å²) >= 11 is 7.74. The van der Waals surface area contributed by atoms with Gasteiger partial charge in [-0.3, -0.25) is 4.79 Å². The third-order valence-corrected chi connectivity index (χ3v) is 5.31. The summed E-state index contributed by atoms with van der Waals surface area (Å²) in [4.78, 5) is 20.9. The highest BCUT2D eigenvalue weighted by Gasteiger charge is 2.21. The molecule has 4 rings (SSSR count). The Morgan fingerprint density at radius 3 is 2.91 bits per heavy atom. The average Bonchev–Trinajstić information content (AvgIpc) is 3.00. The minimum atomic E-state index is -0.129. The van der Waals surface area contributed by atoms with Crippen LogP contribution in [0, 0.1) is 0 Å². The molecule has 0 saturated carbocycles. The molecule has 3 aromatic rings. The van der Waals surface area contributed by atoms with E-state index in [0.717, 1.165) is 41.8 Å². The van der Waals surface area contributed by atoms with Crippen molar-refractivity contribution in [1.29, 1.82) is 0 Å². The van der Waals surface area contributed by atoms with Crippen molar-refractivity contribution >= 4 is 33.2 Å². The molecule has 0 aliphatic carbocycles. The number of H-pyrrole nitrogens is 1. The molecular weight excluding hydrogens is 332 g/mol. The Morgan fingerprint density at radius 2 is 2.13 bits per heavy atom. The molecule has 0 spiro atoms.